The topological polar surface area (TPSA) is 49.0 Å². The second kappa shape index (κ2) is 6.51. The maximum atomic E-state index is 12.3. The number of hydrogen-bond acceptors (Lipinski definition) is 3. The molecular weight excluding hydrogens is 345 g/mol. The number of nitrogens with zero attached hydrogens (tertiary/aromatic N) is 2. The second-order valence-electron chi connectivity index (χ2n) is 6.78. The summed E-state index contributed by atoms with van der Waals surface area (Å²) in [6.07, 6.45) is 4.11. The number of rotatable bonds is 4. The maximum Gasteiger partial charge on any atom is 0.254 e. The Hall–Kier alpha value is -1.36. The van der Waals surface area contributed by atoms with Crippen LogP contribution in [0, 0.1) is 5.92 Å². The minimum Gasteiger partial charge on any atom is -0.310 e. The molecule has 1 aromatic heterocycles. The minimum absolute atomic E-state index is 0.0380. The predicted molar refractivity (Wildman–Crippen MR) is 95.6 cm³/mol. The van der Waals surface area contributed by atoms with Crippen molar-refractivity contribution in [2.24, 2.45) is 5.92 Å². The number of aromatic nitrogens is 2. The summed E-state index contributed by atoms with van der Waals surface area (Å²) in [5.41, 5.74) is 2.80. The van der Waals surface area contributed by atoms with Crippen molar-refractivity contribution >= 4 is 23.2 Å². The van der Waals surface area contributed by atoms with Crippen molar-refractivity contribution in [3.05, 3.63) is 61.2 Å². The van der Waals surface area contributed by atoms with Crippen LogP contribution in [0.3, 0.4) is 0 Å². The molecule has 1 fully saturated rings. The number of hydrogen-bond donors (Lipinski definition) is 1. The van der Waals surface area contributed by atoms with Gasteiger partial charge in [0.2, 0.25) is 0 Å². The first-order valence-corrected chi connectivity index (χ1v) is 9.11. The van der Waals surface area contributed by atoms with E-state index in [9.17, 15) is 4.79 Å². The first-order valence-electron chi connectivity index (χ1n) is 8.35. The summed E-state index contributed by atoms with van der Waals surface area (Å²) in [6.45, 7) is 2.22. The summed E-state index contributed by atoms with van der Waals surface area (Å²) in [5, 5.41) is 1.41. The molecule has 1 N–H and O–H groups in total. The number of H-pyrrole nitrogens is 1. The van der Waals surface area contributed by atoms with Gasteiger partial charge in [0.25, 0.3) is 5.56 Å². The lowest BCUT2D eigenvalue weighted by molar-refractivity contribution is 0.240. The lowest BCUT2D eigenvalue weighted by Gasteiger charge is -2.28. The van der Waals surface area contributed by atoms with E-state index in [1.807, 2.05) is 12.1 Å². The highest BCUT2D eigenvalue weighted by Gasteiger charge is 2.25. The second-order valence-corrected chi connectivity index (χ2v) is 7.63. The van der Waals surface area contributed by atoms with Gasteiger partial charge in [0.15, 0.2) is 0 Å². The van der Waals surface area contributed by atoms with E-state index < -0.39 is 0 Å². The molecular formula is C18H19Cl2N3O. The molecule has 0 radical (unpaired) electrons. The van der Waals surface area contributed by atoms with Gasteiger partial charge in [0, 0.05) is 41.7 Å². The monoisotopic (exact) mass is 363 g/mol. The molecule has 2 heterocycles. The Bertz CT molecular complexity index is 829. The normalized spacial score (nSPS) is 17.8. The standard InChI is InChI=1S/C18H19Cl2N3O/c19-13-3-4-15(20)12(8-13)9-23-6-5-14-16(10-23)21-17(22-18(14)24)7-11-1-2-11/h3-4,8,11H,1-2,5-7,9-10H2,(H,21,22,24). The van der Waals surface area contributed by atoms with E-state index in [1.54, 1.807) is 6.07 Å². The van der Waals surface area contributed by atoms with Crippen molar-refractivity contribution in [2.75, 3.05) is 6.54 Å². The summed E-state index contributed by atoms with van der Waals surface area (Å²) in [5.74, 6) is 1.54. The van der Waals surface area contributed by atoms with Crippen LogP contribution in [0.25, 0.3) is 0 Å². The molecule has 0 saturated heterocycles. The zero-order valence-corrected chi connectivity index (χ0v) is 14.8. The molecule has 2 aliphatic rings. The molecule has 0 unspecified atom stereocenters. The molecule has 1 aromatic carbocycles. The van der Waals surface area contributed by atoms with Crippen molar-refractivity contribution in [3.63, 3.8) is 0 Å². The first kappa shape index (κ1) is 16.1. The number of benzene rings is 1. The van der Waals surface area contributed by atoms with Crippen LogP contribution < -0.4 is 5.56 Å². The molecule has 4 nitrogen and oxygen atoms in total. The first-order chi connectivity index (χ1) is 11.6. The molecule has 0 spiro atoms. The van der Waals surface area contributed by atoms with Gasteiger partial charge >= 0.3 is 0 Å². The van der Waals surface area contributed by atoms with Crippen molar-refractivity contribution in [1.82, 2.24) is 14.9 Å². The van der Waals surface area contributed by atoms with Crippen LogP contribution in [-0.2, 0) is 25.9 Å². The lowest BCUT2D eigenvalue weighted by atomic mass is 10.1. The molecule has 1 saturated carbocycles. The van der Waals surface area contributed by atoms with Crippen LogP contribution in [0.1, 0.15) is 35.5 Å². The van der Waals surface area contributed by atoms with E-state index in [2.05, 4.69) is 9.88 Å². The van der Waals surface area contributed by atoms with Gasteiger partial charge in [-0.15, -0.1) is 0 Å². The third-order valence-corrected chi connectivity index (χ3v) is 5.39. The molecule has 1 aliphatic heterocycles. The number of nitrogens with one attached hydrogen (secondary N) is 1. The van der Waals surface area contributed by atoms with Gasteiger partial charge in [-0.25, -0.2) is 4.98 Å². The fourth-order valence-electron chi connectivity index (χ4n) is 3.28. The summed E-state index contributed by atoms with van der Waals surface area (Å²) >= 11 is 12.4. The molecule has 126 valence electrons. The minimum atomic E-state index is 0.0380. The van der Waals surface area contributed by atoms with E-state index >= 15 is 0 Å². The van der Waals surface area contributed by atoms with Crippen LogP contribution in [0.4, 0.5) is 0 Å². The van der Waals surface area contributed by atoms with Crippen LogP contribution in [0.5, 0.6) is 0 Å². The Morgan fingerprint density at radius 1 is 1.29 bits per heavy atom. The number of halogens is 2. The molecule has 2 aromatic rings. The lowest BCUT2D eigenvalue weighted by Crippen LogP contribution is -2.35. The molecule has 24 heavy (non-hydrogen) atoms. The highest BCUT2D eigenvalue weighted by molar-refractivity contribution is 6.33. The van der Waals surface area contributed by atoms with Crippen LogP contribution in [-0.4, -0.2) is 21.4 Å². The van der Waals surface area contributed by atoms with E-state index in [1.165, 1.54) is 12.8 Å². The summed E-state index contributed by atoms with van der Waals surface area (Å²) in [6, 6.07) is 5.53. The molecule has 0 bridgehead atoms. The molecule has 0 amide bonds. The zero-order chi connectivity index (χ0) is 16.7. The van der Waals surface area contributed by atoms with Crippen molar-refractivity contribution < 1.29 is 0 Å². The Labute approximate surface area is 150 Å². The molecule has 6 heteroatoms. The Balaban J connectivity index is 1.55. The van der Waals surface area contributed by atoms with Crippen molar-refractivity contribution in [2.45, 2.75) is 38.8 Å². The van der Waals surface area contributed by atoms with Gasteiger partial charge in [-0.3, -0.25) is 9.69 Å². The smallest absolute Gasteiger partial charge is 0.254 e. The van der Waals surface area contributed by atoms with E-state index in [4.69, 9.17) is 28.2 Å². The quantitative estimate of drug-likeness (QED) is 0.902. The van der Waals surface area contributed by atoms with Gasteiger partial charge in [0.05, 0.1) is 5.69 Å². The van der Waals surface area contributed by atoms with Crippen molar-refractivity contribution in [3.8, 4) is 0 Å². The third kappa shape index (κ3) is 3.51. The van der Waals surface area contributed by atoms with Crippen LogP contribution in [0.15, 0.2) is 23.0 Å². The molecule has 1 aliphatic carbocycles. The van der Waals surface area contributed by atoms with Gasteiger partial charge in [0.1, 0.15) is 5.82 Å². The highest BCUT2D eigenvalue weighted by Crippen LogP contribution is 2.31. The third-order valence-electron chi connectivity index (χ3n) is 4.78. The largest absolute Gasteiger partial charge is 0.310 e. The van der Waals surface area contributed by atoms with Gasteiger partial charge in [-0.2, -0.15) is 0 Å². The SMILES string of the molecule is O=c1[nH]c(CC2CC2)nc2c1CCN(Cc1cc(Cl)ccc1Cl)C2. The number of fused-ring (bicyclic) bond motifs is 1. The van der Waals surface area contributed by atoms with Gasteiger partial charge in [-0.05, 0) is 48.9 Å². The summed E-state index contributed by atoms with van der Waals surface area (Å²) in [4.78, 5) is 22.3. The van der Waals surface area contributed by atoms with Crippen molar-refractivity contribution in [1.29, 1.82) is 0 Å². The molecule has 4 rings (SSSR count). The average Bonchev–Trinajstić information content (AvgIpc) is 3.34. The van der Waals surface area contributed by atoms with Crippen LogP contribution >= 0.6 is 23.2 Å². The highest BCUT2D eigenvalue weighted by atomic mass is 35.5. The summed E-state index contributed by atoms with van der Waals surface area (Å²) < 4.78 is 0. The Morgan fingerprint density at radius 3 is 2.92 bits per heavy atom. The summed E-state index contributed by atoms with van der Waals surface area (Å²) in [7, 11) is 0. The molecule has 0 atom stereocenters. The van der Waals surface area contributed by atoms with E-state index in [0.717, 1.165) is 47.1 Å². The Kier molecular flexibility index (Phi) is 4.37. The predicted octanol–water partition coefficient (Wildman–Crippen LogP) is 3.59. The van der Waals surface area contributed by atoms with Gasteiger partial charge in [-0.1, -0.05) is 23.2 Å². The number of aromatic amines is 1. The van der Waals surface area contributed by atoms with Gasteiger partial charge < -0.3 is 4.98 Å². The van der Waals surface area contributed by atoms with E-state index in [0.29, 0.717) is 24.0 Å². The fraction of sp³-hybridized carbons (Fsp3) is 0.444. The maximum absolute atomic E-state index is 12.3. The fourth-order valence-corrected chi connectivity index (χ4v) is 3.65. The van der Waals surface area contributed by atoms with Crippen LogP contribution in [0.2, 0.25) is 10.0 Å². The van der Waals surface area contributed by atoms with E-state index in [-0.39, 0.29) is 5.56 Å². The average molecular weight is 364 g/mol. The Morgan fingerprint density at radius 2 is 2.12 bits per heavy atom. The zero-order valence-electron chi connectivity index (χ0n) is 13.3.